The van der Waals surface area contributed by atoms with Gasteiger partial charge in [0.25, 0.3) is 0 Å². The first-order valence-electron chi connectivity index (χ1n) is 16.4. The van der Waals surface area contributed by atoms with Crippen LogP contribution in [0.5, 0.6) is 0 Å². The highest BCUT2D eigenvalue weighted by Gasteiger charge is 2.17. The number of benzene rings is 5. The second kappa shape index (κ2) is 10.9. The van der Waals surface area contributed by atoms with Crippen LogP contribution in [0.1, 0.15) is 0 Å². The number of hydrogen-bond acceptors (Lipinski definition) is 4. The van der Waals surface area contributed by atoms with Crippen molar-refractivity contribution < 1.29 is 0 Å². The zero-order chi connectivity index (χ0) is 32.3. The van der Waals surface area contributed by atoms with E-state index in [4.69, 9.17) is 19.9 Å². The Morgan fingerprint density at radius 3 is 1.63 bits per heavy atom. The van der Waals surface area contributed by atoms with Gasteiger partial charge in [-0.25, -0.2) is 15.0 Å². The van der Waals surface area contributed by atoms with Crippen molar-refractivity contribution >= 4 is 54.4 Å². The Bertz CT molecular complexity index is 2870. The highest BCUT2D eigenvalue weighted by atomic mass is 15.1. The number of rotatable bonds is 4. The minimum absolute atomic E-state index is 0.859. The van der Waals surface area contributed by atoms with Crippen molar-refractivity contribution in [3.8, 4) is 39.6 Å². The molecule has 0 unspecified atom stereocenters. The van der Waals surface area contributed by atoms with Crippen LogP contribution in [0.4, 0.5) is 0 Å². The van der Waals surface area contributed by atoms with E-state index >= 15 is 0 Å². The molecule has 5 heteroatoms. The van der Waals surface area contributed by atoms with E-state index in [1.54, 1.807) is 0 Å². The molecule has 5 heterocycles. The van der Waals surface area contributed by atoms with E-state index in [-0.39, 0.29) is 0 Å². The number of aromatic nitrogens is 5. The summed E-state index contributed by atoms with van der Waals surface area (Å²) in [5.41, 5.74) is 9.93. The Kier molecular flexibility index (Phi) is 6.11. The standard InChI is InChI=1S/C44H27N5/c1-4-10-34-28(7-1)16-23-42-44(34)35-25-31(36-19-15-32(26-45-36)39-20-13-29-8-2-5-11-37(29)47-39)17-22-41(35)49(42)43-24-18-33(27-46-43)40-21-14-30-9-3-6-12-38(30)48-40/h1-27H. The molecule has 5 nitrogen and oxygen atoms in total. The van der Waals surface area contributed by atoms with Crippen LogP contribution in [-0.2, 0) is 0 Å². The molecule has 0 aliphatic heterocycles. The summed E-state index contributed by atoms with van der Waals surface area (Å²) in [5.74, 6) is 0.859. The van der Waals surface area contributed by atoms with E-state index in [2.05, 4.69) is 120 Å². The second-order valence-electron chi connectivity index (χ2n) is 12.4. The summed E-state index contributed by atoms with van der Waals surface area (Å²) in [6.07, 6.45) is 3.85. The zero-order valence-electron chi connectivity index (χ0n) is 26.3. The molecule has 0 fully saturated rings. The molecule has 0 radical (unpaired) electrons. The first-order chi connectivity index (χ1) is 24.3. The van der Waals surface area contributed by atoms with Crippen molar-refractivity contribution in [1.82, 2.24) is 24.5 Å². The van der Waals surface area contributed by atoms with Gasteiger partial charge in [0, 0.05) is 50.6 Å². The number of fused-ring (bicyclic) bond motifs is 7. The van der Waals surface area contributed by atoms with Crippen LogP contribution in [0, 0.1) is 0 Å². The molecule has 5 aromatic heterocycles. The Morgan fingerprint density at radius 1 is 0.388 bits per heavy atom. The van der Waals surface area contributed by atoms with Gasteiger partial charge in [0.05, 0.1) is 39.1 Å². The topological polar surface area (TPSA) is 56.5 Å². The fourth-order valence-corrected chi connectivity index (χ4v) is 7.04. The summed E-state index contributed by atoms with van der Waals surface area (Å²) in [4.78, 5) is 19.7. The predicted octanol–water partition coefficient (Wildman–Crippen LogP) is 10.8. The van der Waals surface area contributed by atoms with Gasteiger partial charge < -0.3 is 0 Å². The molecule has 10 aromatic rings. The van der Waals surface area contributed by atoms with Gasteiger partial charge in [0.1, 0.15) is 5.82 Å². The van der Waals surface area contributed by atoms with Crippen LogP contribution in [0.3, 0.4) is 0 Å². The first-order valence-corrected chi connectivity index (χ1v) is 16.4. The van der Waals surface area contributed by atoms with Gasteiger partial charge >= 0.3 is 0 Å². The second-order valence-corrected chi connectivity index (χ2v) is 12.4. The lowest BCUT2D eigenvalue weighted by Crippen LogP contribution is -1.97. The molecule has 0 aliphatic rings. The van der Waals surface area contributed by atoms with Gasteiger partial charge in [-0.2, -0.15) is 0 Å². The zero-order valence-corrected chi connectivity index (χ0v) is 26.3. The van der Waals surface area contributed by atoms with Crippen molar-refractivity contribution in [1.29, 1.82) is 0 Å². The Labute approximate surface area is 281 Å². The average molecular weight is 626 g/mol. The lowest BCUT2D eigenvalue weighted by molar-refractivity contribution is 1.08. The highest BCUT2D eigenvalue weighted by molar-refractivity contribution is 6.21. The molecule has 0 bridgehead atoms. The van der Waals surface area contributed by atoms with Crippen LogP contribution in [0.25, 0.3) is 94.0 Å². The van der Waals surface area contributed by atoms with E-state index in [1.165, 1.54) is 16.2 Å². The molecular weight excluding hydrogens is 599 g/mol. The van der Waals surface area contributed by atoms with E-state index in [0.29, 0.717) is 0 Å². The molecule has 0 atom stereocenters. The molecule has 49 heavy (non-hydrogen) atoms. The van der Waals surface area contributed by atoms with Gasteiger partial charge in [-0.15, -0.1) is 0 Å². The van der Waals surface area contributed by atoms with Gasteiger partial charge in [0.2, 0.25) is 0 Å². The largest absolute Gasteiger partial charge is 0.294 e. The normalized spacial score (nSPS) is 11.7. The Morgan fingerprint density at radius 2 is 0.959 bits per heavy atom. The minimum atomic E-state index is 0.859. The molecule has 0 spiro atoms. The van der Waals surface area contributed by atoms with E-state index in [0.717, 1.165) is 77.8 Å². The van der Waals surface area contributed by atoms with Crippen molar-refractivity contribution in [2.75, 3.05) is 0 Å². The van der Waals surface area contributed by atoms with Crippen LogP contribution in [0.2, 0.25) is 0 Å². The molecular formula is C44H27N5. The lowest BCUT2D eigenvalue weighted by atomic mass is 10.0. The summed E-state index contributed by atoms with van der Waals surface area (Å²) in [7, 11) is 0. The number of hydrogen-bond donors (Lipinski definition) is 0. The number of para-hydroxylation sites is 2. The van der Waals surface area contributed by atoms with Crippen LogP contribution in [-0.4, -0.2) is 24.5 Å². The molecule has 0 N–H and O–H groups in total. The maximum Gasteiger partial charge on any atom is 0.137 e. The van der Waals surface area contributed by atoms with Crippen LogP contribution in [0.15, 0.2) is 164 Å². The third-order valence-corrected chi connectivity index (χ3v) is 9.48. The van der Waals surface area contributed by atoms with Gasteiger partial charge in [-0.05, 0) is 77.5 Å². The number of nitrogens with zero attached hydrogens (tertiary/aromatic N) is 5. The summed E-state index contributed by atoms with van der Waals surface area (Å²) in [6.45, 7) is 0. The predicted molar refractivity (Wildman–Crippen MR) is 201 cm³/mol. The summed E-state index contributed by atoms with van der Waals surface area (Å²) in [5, 5.41) is 7.03. The highest BCUT2D eigenvalue weighted by Crippen LogP contribution is 2.38. The average Bonchev–Trinajstić information content (AvgIpc) is 3.52. The number of pyridine rings is 4. The fourth-order valence-electron chi connectivity index (χ4n) is 7.04. The van der Waals surface area contributed by atoms with Crippen molar-refractivity contribution in [3.05, 3.63) is 164 Å². The molecule has 0 aliphatic carbocycles. The van der Waals surface area contributed by atoms with E-state index in [1.807, 2.05) is 48.8 Å². The molecule has 10 rings (SSSR count). The summed E-state index contributed by atoms with van der Waals surface area (Å²) in [6, 6.07) is 52.7. The monoisotopic (exact) mass is 625 g/mol. The van der Waals surface area contributed by atoms with E-state index < -0.39 is 0 Å². The van der Waals surface area contributed by atoms with Gasteiger partial charge in [-0.1, -0.05) is 84.9 Å². The van der Waals surface area contributed by atoms with E-state index in [9.17, 15) is 0 Å². The third kappa shape index (κ3) is 4.55. The molecule has 228 valence electrons. The Balaban J connectivity index is 1.09. The quantitative estimate of drug-likeness (QED) is 0.195. The van der Waals surface area contributed by atoms with Gasteiger partial charge in [0.15, 0.2) is 0 Å². The van der Waals surface area contributed by atoms with Crippen molar-refractivity contribution in [2.24, 2.45) is 0 Å². The molecule has 5 aromatic carbocycles. The maximum absolute atomic E-state index is 5.00. The van der Waals surface area contributed by atoms with Crippen LogP contribution >= 0.6 is 0 Å². The SMILES string of the molecule is c1ccc2nc(-c3ccc(-c4ccc5c(c4)c4c6ccccc6ccc4n5-c4ccc(-c5ccc6ccccc6n5)cn4)nc3)ccc2c1. The molecule has 0 amide bonds. The molecule has 0 saturated carbocycles. The third-order valence-electron chi connectivity index (χ3n) is 9.48. The lowest BCUT2D eigenvalue weighted by Gasteiger charge is -2.09. The van der Waals surface area contributed by atoms with Crippen molar-refractivity contribution in [2.45, 2.75) is 0 Å². The maximum atomic E-state index is 5.00. The van der Waals surface area contributed by atoms with Gasteiger partial charge in [-0.3, -0.25) is 9.55 Å². The fraction of sp³-hybridized carbons (Fsp3) is 0. The molecule has 0 saturated heterocycles. The summed E-state index contributed by atoms with van der Waals surface area (Å²) >= 11 is 0. The van der Waals surface area contributed by atoms with Crippen molar-refractivity contribution in [3.63, 3.8) is 0 Å². The Hall–Kier alpha value is -6.72. The summed E-state index contributed by atoms with van der Waals surface area (Å²) < 4.78 is 2.26. The minimum Gasteiger partial charge on any atom is -0.294 e. The first kappa shape index (κ1) is 27.4. The smallest absolute Gasteiger partial charge is 0.137 e. The van der Waals surface area contributed by atoms with Crippen LogP contribution < -0.4 is 0 Å².